The van der Waals surface area contributed by atoms with Gasteiger partial charge >= 0.3 is 37.2 Å². The number of benzene rings is 4. The van der Waals surface area contributed by atoms with Gasteiger partial charge in [-0.15, -0.1) is 12.6 Å². The third-order valence-electron chi connectivity index (χ3n) is 3.70. The van der Waals surface area contributed by atoms with Crippen LogP contribution in [0.15, 0.2) is 71.6 Å². The number of fused-ring (bicyclic) bond motifs is 4. The van der Waals surface area contributed by atoms with E-state index in [2.05, 4.69) is 79.4 Å². The standard InChI is InChI=1S/C18H12S.BH3O2.Na.H2O.H/c19-17-7-3-6-12-8-9-15-10-13-4-1-2-5-14(13)11-16(15)18(12)17;2-1-3;;;/h1-11,19H;1-3H;;1H2;. The zero-order valence-electron chi connectivity index (χ0n) is 12.4. The average molecular weight is 348 g/mol. The molecule has 4 N–H and O–H groups in total. The molecule has 6 heteroatoms. The fourth-order valence-corrected chi connectivity index (χ4v) is 3.12. The van der Waals surface area contributed by atoms with Gasteiger partial charge in [-0.2, -0.15) is 0 Å². The third-order valence-corrected chi connectivity index (χ3v) is 4.08. The summed E-state index contributed by atoms with van der Waals surface area (Å²) in [7, 11) is -0.750. The first-order valence-corrected chi connectivity index (χ1v) is 7.44. The first kappa shape index (κ1) is 21.0. The molecule has 0 aliphatic rings. The molecular formula is C18H18BNaO3S. The molecule has 0 aliphatic heterocycles. The van der Waals surface area contributed by atoms with E-state index < -0.39 is 7.69 Å². The van der Waals surface area contributed by atoms with Gasteiger partial charge in [0.2, 0.25) is 0 Å². The summed E-state index contributed by atoms with van der Waals surface area (Å²) < 4.78 is 0. The third kappa shape index (κ3) is 4.13. The number of hydrogen-bond donors (Lipinski definition) is 3. The van der Waals surface area contributed by atoms with Crippen LogP contribution in [-0.2, 0) is 0 Å². The van der Waals surface area contributed by atoms with Gasteiger partial charge in [0.05, 0.1) is 0 Å². The molecule has 0 aliphatic carbocycles. The SMILES string of the molecule is O.OBO.Sc1cccc2ccc3cc4ccccc4cc3c12.[NaH]. The van der Waals surface area contributed by atoms with Crippen molar-refractivity contribution in [2.75, 3.05) is 0 Å². The Morgan fingerprint density at radius 1 is 0.708 bits per heavy atom. The predicted octanol–water partition coefficient (Wildman–Crippen LogP) is 2.20. The van der Waals surface area contributed by atoms with Crippen molar-refractivity contribution < 1.29 is 15.5 Å². The summed E-state index contributed by atoms with van der Waals surface area (Å²) in [5, 5.41) is 21.9. The summed E-state index contributed by atoms with van der Waals surface area (Å²) in [6.45, 7) is 0. The molecule has 0 unspecified atom stereocenters. The molecule has 118 valence electrons. The van der Waals surface area contributed by atoms with E-state index in [9.17, 15) is 0 Å². The topological polar surface area (TPSA) is 72.0 Å². The molecule has 0 heterocycles. The summed E-state index contributed by atoms with van der Waals surface area (Å²) in [5.41, 5.74) is 0. The molecule has 0 atom stereocenters. The van der Waals surface area contributed by atoms with E-state index in [0.29, 0.717) is 0 Å². The minimum atomic E-state index is -0.750. The quantitative estimate of drug-likeness (QED) is 0.197. The summed E-state index contributed by atoms with van der Waals surface area (Å²) >= 11 is 4.62. The number of rotatable bonds is 0. The van der Waals surface area contributed by atoms with E-state index in [-0.39, 0.29) is 35.0 Å². The first-order chi connectivity index (χ1) is 10.7. The Kier molecular flexibility index (Phi) is 8.26. The summed E-state index contributed by atoms with van der Waals surface area (Å²) in [6.07, 6.45) is 0. The van der Waals surface area contributed by atoms with E-state index in [0.717, 1.165) is 4.90 Å². The van der Waals surface area contributed by atoms with Gasteiger partial charge < -0.3 is 15.5 Å². The maximum atomic E-state index is 7.12. The minimum absolute atomic E-state index is 0. The monoisotopic (exact) mass is 348 g/mol. The van der Waals surface area contributed by atoms with Crippen molar-refractivity contribution in [3.8, 4) is 0 Å². The van der Waals surface area contributed by atoms with E-state index in [1.54, 1.807) is 0 Å². The van der Waals surface area contributed by atoms with Crippen LogP contribution in [0, 0.1) is 0 Å². The maximum absolute atomic E-state index is 7.12. The van der Waals surface area contributed by atoms with Gasteiger partial charge in [-0.05, 0) is 45.1 Å². The van der Waals surface area contributed by atoms with Gasteiger partial charge in [0.15, 0.2) is 0 Å². The van der Waals surface area contributed by atoms with Crippen LogP contribution in [0.5, 0.6) is 0 Å². The van der Waals surface area contributed by atoms with Crippen LogP contribution < -0.4 is 0 Å². The summed E-state index contributed by atoms with van der Waals surface area (Å²) in [6, 6.07) is 23.6. The van der Waals surface area contributed by atoms with Crippen molar-refractivity contribution in [3.63, 3.8) is 0 Å². The molecule has 4 rings (SSSR count). The van der Waals surface area contributed by atoms with Gasteiger partial charge in [0.25, 0.3) is 0 Å². The molecule has 0 bridgehead atoms. The zero-order valence-corrected chi connectivity index (χ0v) is 13.3. The summed E-state index contributed by atoms with van der Waals surface area (Å²) in [5.74, 6) is 0. The molecule has 3 nitrogen and oxygen atoms in total. The molecule has 0 saturated heterocycles. The Morgan fingerprint density at radius 2 is 1.25 bits per heavy atom. The first-order valence-electron chi connectivity index (χ1n) is 6.99. The fourth-order valence-electron chi connectivity index (χ4n) is 2.78. The van der Waals surface area contributed by atoms with E-state index in [1.165, 1.54) is 32.3 Å². The van der Waals surface area contributed by atoms with Gasteiger partial charge in [0, 0.05) is 10.3 Å². The van der Waals surface area contributed by atoms with Crippen LogP contribution in [0.1, 0.15) is 0 Å². The van der Waals surface area contributed by atoms with Crippen LogP contribution in [0.4, 0.5) is 0 Å². The van der Waals surface area contributed by atoms with Crippen molar-refractivity contribution in [2.24, 2.45) is 0 Å². The Bertz CT molecular complexity index is 962. The van der Waals surface area contributed by atoms with Gasteiger partial charge in [-0.3, -0.25) is 0 Å². The molecule has 0 fully saturated rings. The van der Waals surface area contributed by atoms with Crippen molar-refractivity contribution in [1.29, 1.82) is 0 Å². The molecule has 24 heavy (non-hydrogen) atoms. The van der Waals surface area contributed by atoms with Crippen LogP contribution in [-0.4, -0.2) is 52.8 Å². The second-order valence-corrected chi connectivity index (χ2v) is 5.48. The van der Waals surface area contributed by atoms with Crippen LogP contribution >= 0.6 is 12.6 Å². The van der Waals surface area contributed by atoms with Crippen molar-refractivity contribution in [1.82, 2.24) is 0 Å². The second kappa shape index (κ2) is 9.44. The summed E-state index contributed by atoms with van der Waals surface area (Å²) in [4.78, 5) is 1.04. The molecule has 0 spiro atoms. The van der Waals surface area contributed by atoms with E-state index in [4.69, 9.17) is 10.0 Å². The number of hydrogen-bond acceptors (Lipinski definition) is 3. The number of thiol groups is 1. The van der Waals surface area contributed by atoms with Gasteiger partial charge in [0.1, 0.15) is 0 Å². The van der Waals surface area contributed by atoms with Crippen LogP contribution in [0.3, 0.4) is 0 Å². The molecule has 0 amide bonds. The predicted molar refractivity (Wildman–Crippen MR) is 109 cm³/mol. The van der Waals surface area contributed by atoms with Crippen molar-refractivity contribution >= 4 is 82.2 Å². The van der Waals surface area contributed by atoms with Gasteiger partial charge in [-0.25, -0.2) is 0 Å². The van der Waals surface area contributed by atoms with E-state index >= 15 is 0 Å². The van der Waals surface area contributed by atoms with Crippen molar-refractivity contribution in [3.05, 3.63) is 66.7 Å². The van der Waals surface area contributed by atoms with E-state index in [1.807, 2.05) is 0 Å². The fraction of sp³-hybridized carbons (Fsp3) is 0. The second-order valence-electron chi connectivity index (χ2n) is 5.00. The molecular weight excluding hydrogens is 330 g/mol. The Hall–Kier alpha value is -1.05. The normalized spacial score (nSPS) is 9.62. The molecule has 4 aromatic carbocycles. The molecule has 4 aromatic rings. The molecule has 0 aromatic heterocycles. The van der Waals surface area contributed by atoms with Crippen LogP contribution in [0.2, 0.25) is 0 Å². The Morgan fingerprint density at radius 3 is 1.92 bits per heavy atom. The van der Waals surface area contributed by atoms with Crippen LogP contribution in [0.25, 0.3) is 32.3 Å². The zero-order chi connectivity index (χ0) is 15.5. The Balaban J connectivity index is 0.000000539. The van der Waals surface area contributed by atoms with Gasteiger partial charge in [-0.1, -0.05) is 48.5 Å². The average Bonchev–Trinajstić information content (AvgIpc) is 2.53. The Labute approximate surface area is 168 Å². The molecule has 0 saturated carbocycles. The van der Waals surface area contributed by atoms with Crippen molar-refractivity contribution in [2.45, 2.75) is 4.90 Å². The molecule has 0 radical (unpaired) electrons.